The first-order valence-electron chi connectivity index (χ1n) is 6.54. The maximum absolute atomic E-state index is 10.8. The Balaban J connectivity index is 1.92. The van der Waals surface area contributed by atoms with E-state index in [-0.39, 0.29) is 0 Å². The van der Waals surface area contributed by atoms with Crippen LogP contribution < -0.4 is 0 Å². The van der Waals surface area contributed by atoms with Crippen molar-refractivity contribution >= 4 is 11.5 Å². The summed E-state index contributed by atoms with van der Waals surface area (Å²) in [6.07, 6.45) is 4.80. The number of carboxylic acids is 1. The third-order valence-corrected chi connectivity index (χ3v) is 4.93. The van der Waals surface area contributed by atoms with E-state index in [1.165, 1.54) is 24.0 Å². The van der Waals surface area contributed by atoms with Crippen LogP contribution in [0.1, 0.15) is 42.6 Å². The molecule has 1 aromatic rings. The average Bonchev–Trinajstić information content (AvgIpc) is 2.38. The molecule has 0 amide bonds. The Morgan fingerprint density at radius 3 is 2.44 bits per heavy atom. The van der Waals surface area contributed by atoms with Crippen molar-refractivity contribution in [3.8, 4) is 0 Å². The molecule has 2 bridgehead atoms. The maximum atomic E-state index is 10.8. The Morgan fingerprint density at radius 1 is 1.28 bits per heavy atom. The zero-order chi connectivity index (χ0) is 12.9. The predicted octanol–water partition coefficient (Wildman–Crippen LogP) is 3.83. The largest absolute Gasteiger partial charge is 0.478 e. The molecule has 2 unspecified atom stereocenters. The third-order valence-electron chi connectivity index (χ3n) is 4.93. The van der Waals surface area contributed by atoms with Crippen molar-refractivity contribution in [2.45, 2.75) is 26.7 Å². The van der Waals surface area contributed by atoms with Gasteiger partial charge in [-0.05, 0) is 53.4 Å². The van der Waals surface area contributed by atoms with E-state index in [9.17, 15) is 4.79 Å². The summed E-state index contributed by atoms with van der Waals surface area (Å²) in [5.74, 6) is 0.625. The van der Waals surface area contributed by atoms with Crippen LogP contribution in [0.15, 0.2) is 30.3 Å². The van der Waals surface area contributed by atoms with Gasteiger partial charge in [-0.2, -0.15) is 0 Å². The Hall–Kier alpha value is -1.57. The molecule has 0 saturated heterocycles. The highest BCUT2D eigenvalue weighted by Gasteiger charge is 2.51. The number of hydrogen-bond donors (Lipinski definition) is 1. The molecule has 2 heteroatoms. The number of carbonyl (C=O) groups is 1. The van der Waals surface area contributed by atoms with E-state index in [0.717, 1.165) is 5.92 Å². The van der Waals surface area contributed by atoms with E-state index in [1.54, 1.807) is 12.1 Å². The van der Waals surface area contributed by atoms with Gasteiger partial charge in [-0.3, -0.25) is 0 Å². The van der Waals surface area contributed by atoms with Gasteiger partial charge in [-0.25, -0.2) is 4.79 Å². The molecule has 0 aliphatic heterocycles. The van der Waals surface area contributed by atoms with Gasteiger partial charge in [0.05, 0.1) is 5.56 Å². The van der Waals surface area contributed by atoms with Gasteiger partial charge in [0.1, 0.15) is 0 Å². The lowest BCUT2D eigenvalue weighted by atomic mass is 9.48. The summed E-state index contributed by atoms with van der Waals surface area (Å²) in [4.78, 5) is 10.8. The predicted molar refractivity (Wildman–Crippen MR) is 71.4 cm³/mol. The van der Waals surface area contributed by atoms with Gasteiger partial charge < -0.3 is 5.11 Å². The second kappa shape index (κ2) is 3.71. The summed E-state index contributed by atoms with van der Waals surface area (Å²) in [6, 6.07) is 7.31. The van der Waals surface area contributed by atoms with Crippen molar-refractivity contribution in [1.82, 2.24) is 0 Å². The summed E-state index contributed by atoms with van der Waals surface area (Å²) < 4.78 is 0. The minimum absolute atomic E-state index is 0.362. The maximum Gasteiger partial charge on any atom is 0.335 e. The standard InChI is InChI=1S/C16H18O2/c1-16(2)12-7-8-13(14(16)9-12)10-3-5-11(6-4-10)15(17)18/h3-6,8,12,14H,7,9H2,1-2H3,(H,17,18). The quantitative estimate of drug-likeness (QED) is 0.855. The fourth-order valence-corrected chi connectivity index (χ4v) is 3.48. The van der Waals surface area contributed by atoms with Crippen LogP contribution in [-0.2, 0) is 0 Å². The van der Waals surface area contributed by atoms with Gasteiger partial charge in [0.2, 0.25) is 0 Å². The number of benzene rings is 1. The van der Waals surface area contributed by atoms with Gasteiger partial charge in [0.25, 0.3) is 0 Å². The van der Waals surface area contributed by atoms with E-state index < -0.39 is 5.97 Å². The number of rotatable bonds is 2. The molecular formula is C16H18O2. The van der Waals surface area contributed by atoms with Gasteiger partial charge in [-0.15, -0.1) is 0 Å². The molecular weight excluding hydrogens is 224 g/mol. The lowest BCUT2D eigenvalue weighted by Crippen LogP contribution is -2.47. The van der Waals surface area contributed by atoms with Crippen LogP contribution >= 0.6 is 0 Å². The normalized spacial score (nSPS) is 28.2. The van der Waals surface area contributed by atoms with Gasteiger partial charge >= 0.3 is 5.97 Å². The molecule has 0 spiro atoms. The van der Waals surface area contributed by atoms with Crippen molar-refractivity contribution in [1.29, 1.82) is 0 Å². The molecule has 0 aromatic heterocycles. The highest BCUT2D eigenvalue weighted by atomic mass is 16.4. The molecule has 3 aliphatic rings. The molecule has 1 aromatic carbocycles. The minimum atomic E-state index is -0.858. The summed E-state index contributed by atoms with van der Waals surface area (Å²) in [6.45, 7) is 4.70. The zero-order valence-corrected chi connectivity index (χ0v) is 10.8. The zero-order valence-electron chi connectivity index (χ0n) is 10.8. The number of hydrogen-bond acceptors (Lipinski definition) is 1. The lowest BCUT2D eigenvalue weighted by Gasteiger charge is -2.56. The molecule has 1 saturated carbocycles. The molecule has 1 N–H and O–H groups in total. The Kier molecular flexibility index (Phi) is 2.37. The Bertz CT molecular complexity index is 523. The molecule has 18 heavy (non-hydrogen) atoms. The second-order valence-electron chi connectivity index (χ2n) is 6.08. The minimum Gasteiger partial charge on any atom is -0.478 e. The summed E-state index contributed by atoms with van der Waals surface area (Å²) in [5.41, 5.74) is 3.38. The molecule has 2 atom stereocenters. The number of carboxylic acid groups (broad SMARTS) is 1. The molecule has 3 aliphatic carbocycles. The van der Waals surface area contributed by atoms with Crippen molar-refractivity contribution in [3.05, 3.63) is 41.5 Å². The van der Waals surface area contributed by atoms with Gasteiger partial charge in [0, 0.05) is 0 Å². The van der Waals surface area contributed by atoms with Crippen LogP contribution in [0, 0.1) is 17.3 Å². The number of allylic oxidation sites excluding steroid dienone is 2. The van der Waals surface area contributed by atoms with E-state index in [4.69, 9.17) is 5.11 Å². The van der Waals surface area contributed by atoms with E-state index in [0.29, 0.717) is 16.9 Å². The van der Waals surface area contributed by atoms with E-state index >= 15 is 0 Å². The molecule has 94 valence electrons. The van der Waals surface area contributed by atoms with Crippen molar-refractivity contribution in [2.24, 2.45) is 17.3 Å². The average molecular weight is 242 g/mol. The highest BCUT2D eigenvalue weighted by molar-refractivity contribution is 5.88. The first kappa shape index (κ1) is 11.5. The topological polar surface area (TPSA) is 37.3 Å². The number of aromatic carboxylic acids is 1. The summed E-state index contributed by atoms with van der Waals surface area (Å²) in [5, 5.41) is 8.91. The van der Waals surface area contributed by atoms with Crippen LogP contribution in [-0.4, -0.2) is 11.1 Å². The molecule has 0 heterocycles. The summed E-state index contributed by atoms with van der Waals surface area (Å²) in [7, 11) is 0. The first-order valence-corrected chi connectivity index (χ1v) is 6.54. The lowest BCUT2D eigenvalue weighted by molar-refractivity contribution is 0.0113. The molecule has 4 rings (SSSR count). The van der Waals surface area contributed by atoms with Gasteiger partial charge in [-0.1, -0.05) is 32.1 Å². The Morgan fingerprint density at radius 2 is 1.94 bits per heavy atom. The molecule has 2 nitrogen and oxygen atoms in total. The van der Waals surface area contributed by atoms with Crippen LogP contribution in [0.5, 0.6) is 0 Å². The monoisotopic (exact) mass is 242 g/mol. The van der Waals surface area contributed by atoms with Crippen LogP contribution in [0.4, 0.5) is 0 Å². The van der Waals surface area contributed by atoms with Crippen molar-refractivity contribution in [3.63, 3.8) is 0 Å². The summed E-state index contributed by atoms with van der Waals surface area (Å²) >= 11 is 0. The van der Waals surface area contributed by atoms with E-state index in [2.05, 4.69) is 19.9 Å². The smallest absolute Gasteiger partial charge is 0.335 e. The first-order chi connectivity index (χ1) is 8.50. The van der Waals surface area contributed by atoms with Crippen molar-refractivity contribution in [2.75, 3.05) is 0 Å². The highest BCUT2D eigenvalue weighted by Crippen LogP contribution is 2.61. The van der Waals surface area contributed by atoms with Crippen LogP contribution in [0.2, 0.25) is 0 Å². The second-order valence-corrected chi connectivity index (χ2v) is 6.08. The fraction of sp³-hybridized carbons (Fsp3) is 0.438. The van der Waals surface area contributed by atoms with Crippen molar-refractivity contribution < 1.29 is 9.90 Å². The van der Waals surface area contributed by atoms with Crippen LogP contribution in [0.25, 0.3) is 5.57 Å². The number of fused-ring (bicyclic) bond motifs is 1. The van der Waals surface area contributed by atoms with E-state index in [1.807, 2.05) is 12.1 Å². The van der Waals surface area contributed by atoms with Gasteiger partial charge in [0.15, 0.2) is 0 Å². The van der Waals surface area contributed by atoms with Crippen LogP contribution in [0.3, 0.4) is 0 Å². The molecule has 1 fully saturated rings. The molecule has 0 radical (unpaired) electrons. The SMILES string of the molecule is CC1(C)C2CC=C(c3ccc(C(=O)O)cc3)C1C2. The Labute approximate surface area is 107 Å². The third kappa shape index (κ3) is 1.52. The fourth-order valence-electron chi connectivity index (χ4n) is 3.48.